The zero-order valence-electron chi connectivity index (χ0n) is 11.4. The van der Waals surface area contributed by atoms with Crippen LogP contribution in [0.1, 0.15) is 16.2 Å². The van der Waals surface area contributed by atoms with Crippen LogP contribution in [0.2, 0.25) is 0 Å². The zero-order chi connectivity index (χ0) is 14.7. The van der Waals surface area contributed by atoms with E-state index < -0.39 is 0 Å². The number of hydrogen-bond donors (Lipinski definition) is 1. The fourth-order valence-corrected chi connectivity index (χ4v) is 1.90. The number of para-hydroxylation sites is 1. The average Bonchev–Trinajstić information content (AvgIpc) is 2.95. The predicted octanol–water partition coefficient (Wildman–Crippen LogP) is 3.30. The number of carbonyl (C=O) groups is 1. The summed E-state index contributed by atoms with van der Waals surface area (Å²) in [5.41, 5.74) is 2.12. The minimum atomic E-state index is -0.158. The molecule has 0 fully saturated rings. The Bertz CT molecular complexity index is 749. The Morgan fingerprint density at radius 1 is 1.05 bits per heavy atom. The maximum Gasteiger partial charge on any atom is 0.257 e. The highest BCUT2D eigenvalue weighted by molar-refractivity contribution is 6.04. The van der Waals surface area contributed by atoms with Gasteiger partial charge in [-0.25, -0.2) is 0 Å². The molecule has 5 heteroatoms. The van der Waals surface area contributed by atoms with E-state index in [-0.39, 0.29) is 5.91 Å². The van der Waals surface area contributed by atoms with E-state index in [2.05, 4.69) is 15.5 Å². The predicted molar refractivity (Wildman–Crippen MR) is 78.9 cm³/mol. The van der Waals surface area contributed by atoms with E-state index in [0.29, 0.717) is 17.3 Å². The molecule has 21 heavy (non-hydrogen) atoms. The molecule has 0 radical (unpaired) electrons. The first kappa shape index (κ1) is 13.1. The van der Waals surface area contributed by atoms with Gasteiger partial charge in [-0.15, -0.1) is 0 Å². The fourth-order valence-electron chi connectivity index (χ4n) is 1.90. The van der Waals surface area contributed by atoms with Crippen molar-refractivity contribution in [3.8, 4) is 11.5 Å². The van der Waals surface area contributed by atoms with Crippen LogP contribution < -0.4 is 5.32 Å². The molecule has 0 aliphatic heterocycles. The van der Waals surface area contributed by atoms with Crippen LogP contribution in [0.5, 0.6) is 0 Å². The van der Waals surface area contributed by atoms with Crippen molar-refractivity contribution in [1.82, 2.24) is 10.1 Å². The molecule has 3 aromatic rings. The molecule has 0 aliphatic carbocycles. The molecule has 104 valence electrons. The number of aryl methyl sites for hydroxylation is 1. The van der Waals surface area contributed by atoms with Gasteiger partial charge < -0.3 is 9.84 Å². The maximum atomic E-state index is 12.1. The monoisotopic (exact) mass is 279 g/mol. The summed E-state index contributed by atoms with van der Waals surface area (Å²) in [6.07, 6.45) is 0. The largest absolute Gasteiger partial charge is 0.334 e. The van der Waals surface area contributed by atoms with Crippen molar-refractivity contribution in [2.45, 2.75) is 6.92 Å². The highest BCUT2D eigenvalue weighted by Gasteiger charge is 2.09. The van der Waals surface area contributed by atoms with Crippen LogP contribution in [0.15, 0.2) is 59.1 Å². The first-order valence-electron chi connectivity index (χ1n) is 6.49. The average molecular weight is 279 g/mol. The zero-order valence-corrected chi connectivity index (χ0v) is 11.4. The van der Waals surface area contributed by atoms with Crippen molar-refractivity contribution >= 4 is 11.6 Å². The van der Waals surface area contributed by atoms with Gasteiger partial charge in [-0.1, -0.05) is 23.4 Å². The van der Waals surface area contributed by atoms with Gasteiger partial charge in [-0.05, 0) is 43.3 Å². The second kappa shape index (κ2) is 5.58. The molecule has 0 saturated heterocycles. The van der Waals surface area contributed by atoms with Gasteiger partial charge in [0.05, 0.1) is 0 Å². The van der Waals surface area contributed by atoms with E-state index in [9.17, 15) is 4.79 Å². The number of hydrogen-bond acceptors (Lipinski definition) is 4. The second-order valence-electron chi connectivity index (χ2n) is 4.54. The number of anilines is 1. The van der Waals surface area contributed by atoms with E-state index >= 15 is 0 Å². The maximum absolute atomic E-state index is 12.1. The third kappa shape index (κ3) is 2.97. The summed E-state index contributed by atoms with van der Waals surface area (Å²) in [6, 6.07) is 16.4. The Labute approximate surface area is 121 Å². The van der Waals surface area contributed by atoms with Crippen molar-refractivity contribution < 1.29 is 9.32 Å². The van der Waals surface area contributed by atoms with Crippen molar-refractivity contribution in [3.05, 3.63) is 66.0 Å². The van der Waals surface area contributed by atoms with Gasteiger partial charge in [-0.3, -0.25) is 4.79 Å². The molecule has 0 saturated carbocycles. The summed E-state index contributed by atoms with van der Waals surface area (Å²) in [5, 5.41) is 6.57. The van der Waals surface area contributed by atoms with Crippen molar-refractivity contribution in [3.63, 3.8) is 0 Å². The molecule has 1 heterocycles. The summed E-state index contributed by atoms with van der Waals surface area (Å²) in [6.45, 7) is 1.76. The number of benzene rings is 2. The Kier molecular flexibility index (Phi) is 3.47. The smallest absolute Gasteiger partial charge is 0.257 e. The van der Waals surface area contributed by atoms with Crippen LogP contribution in [0.25, 0.3) is 11.5 Å². The van der Waals surface area contributed by atoms with Gasteiger partial charge in [0.15, 0.2) is 5.82 Å². The summed E-state index contributed by atoms with van der Waals surface area (Å²) >= 11 is 0. The molecule has 0 atom stereocenters. The highest BCUT2D eigenvalue weighted by Crippen LogP contribution is 2.18. The van der Waals surface area contributed by atoms with E-state index in [1.807, 2.05) is 30.3 Å². The van der Waals surface area contributed by atoms with E-state index in [1.165, 1.54) is 0 Å². The SMILES string of the molecule is Cc1noc(-c2ccc(C(=O)Nc3ccccc3)cc2)n1. The number of carbonyl (C=O) groups excluding carboxylic acids is 1. The van der Waals surface area contributed by atoms with Gasteiger partial charge in [0.1, 0.15) is 0 Å². The van der Waals surface area contributed by atoms with Crippen molar-refractivity contribution in [2.75, 3.05) is 5.32 Å². The normalized spacial score (nSPS) is 10.3. The summed E-state index contributed by atoms with van der Waals surface area (Å²) in [7, 11) is 0. The van der Waals surface area contributed by atoms with Crippen LogP contribution in [0.3, 0.4) is 0 Å². The van der Waals surface area contributed by atoms with Crippen molar-refractivity contribution in [1.29, 1.82) is 0 Å². The van der Waals surface area contributed by atoms with Gasteiger partial charge in [0.25, 0.3) is 11.8 Å². The quantitative estimate of drug-likeness (QED) is 0.798. The van der Waals surface area contributed by atoms with Gasteiger partial charge in [0, 0.05) is 16.8 Å². The lowest BCUT2D eigenvalue weighted by Crippen LogP contribution is -2.11. The van der Waals surface area contributed by atoms with Crippen LogP contribution in [0, 0.1) is 6.92 Å². The Morgan fingerprint density at radius 3 is 2.38 bits per heavy atom. The second-order valence-corrected chi connectivity index (χ2v) is 4.54. The standard InChI is InChI=1S/C16H13N3O2/c1-11-17-16(21-19-11)13-9-7-12(8-10-13)15(20)18-14-5-3-2-4-6-14/h2-10H,1H3,(H,18,20). The number of rotatable bonds is 3. The number of aromatic nitrogens is 2. The molecular formula is C16H13N3O2. The topological polar surface area (TPSA) is 68.0 Å². The van der Waals surface area contributed by atoms with Crippen LogP contribution >= 0.6 is 0 Å². The summed E-state index contributed by atoms with van der Waals surface area (Å²) < 4.78 is 5.08. The van der Waals surface area contributed by atoms with E-state index in [1.54, 1.807) is 31.2 Å². The fraction of sp³-hybridized carbons (Fsp3) is 0.0625. The molecule has 0 spiro atoms. The molecule has 0 unspecified atom stereocenters. The van der Waals surface area contributed by atoms with E-state index in [0.717, 1.165) is 11.3 Å². The van der Waals surface area contributed by atoms with Crippen LogP contribution in [-0.2, 0) is 0 Å². The van der Waals surface area contributed by atoms with Crippen molar-refractivity contribution in [2.24, 2.45) is 0 Å². The lowest BCUT2D eigenvalue weighted by Gasteiger charge is -2.05. The lowest BCUT2D eigenvalue weighted by atomic mass is 10.1. The van der Waals surface area contributed by atoms with Gasteiger partial charge >= 0.3 is 0 Å². The third-order valence-corrected chi connectivity index (χ3v) is 2.95. The molecule has 3 rings (SSSR count). The minimum Gasteiger partial charge on any atom is -0.334 e. The number of nitrogens with zero attached hydrogens (tertiary/aromatic N) is 2. The van der Waals surface area contributed by atoms with Crippen LogP contribution in [-0.4, -0.2) is 16.0 Å². The van der Waals surface area contributed by atoms with Gasteiger partial charge in [0.2, 0.25) is 0 Å². The minimum absolute atomic E-state index is 0.158. The lowest BCUT2D eigenvalue weighted by molar-refractivity contribution is 0.102. The van der Waals surface area contributed by atoms with Crippen LogP contribution in [0.4, 0.5) is 5.69 Å². The Morgan fingerprint density at radius 2 is 1.76 bits per heavy atom. The Hall–Kier alpha value is -2.95. The number of nitrogens with one attached hydrogen (secondary N) is 1. The summed E-state index contributed by atoms with van der Waals surface area (Å²) in [4.78, 5) is 16.2. The molecule has 5 nitrogen and oxygen atoms in total. The molecule has 1 N–H and O–H groups in total. The molecule has 1 amide bonds. The Balaban J connectivity index is 1.76. The molecule has 1 aromatic heterocycles. The molecule has 0 aliphatic rings. The number of amides is 1. The first-order valence-corrected chi connectivity index (χ1v) is 6.49. The summed E-state index contributed by atoms with van der Waals surface area (Å²) in [5.74, 6) is 0.868. The van der Waals surface area contributed by atoms with Gasteiger partial charge in [-0.2, -0.15) is 4.98 Å². The molecular weight excluding hydrogens is 266 g/mol. The third-order valence-electron chi connectivity index (χ3n) is 2.95. The molecule has 2 aromatic carbocycles. The molecule has 0 bridgehead atoms. The first-order chi connectivity index (χ1) is 10.2. The highest BCUT2D eigenvalue weighted by atomic mass is 16.5. The van der Waals surface area contributed by atoms with E-state index in [4.69, 9.17) is 4.52 Å².